The first-order chi connectivity index (χ1) is 8.78. The van der Waals surface area contributed by atoms with E-state index in [9.17, 15) is 4.79 Å². The summed E-state index contributed by atoms with van der Waals surface area (Å²) in [5, 5.41) is 0. The number of benzene rings is 1. The number of nitrogens with zero attached hydrogens (tertiary/aromatic N) is 2. The van der Waals surface area contributed by atoms with E-state index in [1.165, 1.54) is 11.1 Å². The lowest BCUT2D eigenvalue weighted by Crippen LogP contribution is -2.43. The summed E-state index contributed by atoms with van der Waals surface area (Å²) in [5.41, 5.74) is 2.62. The summed E-state index contributed by atoms with van der Waals surface area (Å²) in [6.07, 6.45) is 2.47. The molecule has 0 spiro atoms. The second kappa shape index (κ2) is 6.66. The van der Waals surface area contributed by atoms with Crippen molar-refractivity contribution < 1.29 is 4.79 Å². The Balaban J connectivity index is 1.84. The van der Waals surface area contributed by atoms with E-state index in [4.69, 9.17) is 0 Å². The highest BCUT2D eigenvalue weighted by molar-refractivity contribution is 5.50. The summed E-state index contributed by atoms with van der Waals surface area (Å²) in [4.78, 5) is 15.2. The van der Waals surface area contributed by atoms with Crippen LogP contribution in [0.2, 0.25) is 0 Å². The quantitative estimate of drug-likeness (QED) is 0.737. The summed E-state index contributed by atoms with van der Waals surface area (Å²) in [5.74, 6) is 0. The maximum absolute atomic E-state index is 10.3. The largest absolute Gasteiger partial charge is 0.304 e. The van der Waals surface area contributed by atoms with Crippen LogP contribution in [0.25, 0.3) is 0 Å². The van der Waals surface area contributed by atoms with Crippen LogP contribution in [-0.4, -0.2) is 49.3 Å². The summed E-state index contributed by atoms with van der Waals surface area (Å²) in [7, 11) is 2.18. The molecule has 3 nitrogen and oxygen atoms in total. The molecule has 18 heavy (non-hydrogen) atoms. The number of aryl methyl sites for hydroxylation is 1. The molecule has 0 amide bonds. The highest BCUT2D eigenvalue weighted by Crippen LogP contribution is 2.10. The van der Waals surface area contributed by atoms with Gasteiger partial charge in [-0.25, -0.2) is 0 Å². The molecule has 98 valence electrons. The SMILES string of the molecule is CN1CCN(Cc2ccc(CCC=O)cc2)CC1. The fourth-order valence-corrected chi connectivity index (χ4v) is 2.30. The number of likely N-dealkylation sites (N-methyl/N-ethyl adjacent to an activating group) is 1. The van der Waals surface area contributed by atoms with Crippen molar-refractivity contribution in [1.82, 2.24) is 9.80 Å². The fraction of sp³-hybridized carbons (Fsp3) is 0.533. The smallest absolute Gasteiger partial charge is 0.120 e. The number of carbonyl (C=O) groups excluding carboxylic acids is 1. The predicted molar refractivity (Wildman–Crippen MR) is 73.6 cm³/mol. The number of piperazine rings is 1. The molecule has 0 aliphatic carbocycles. The normalized spacial score (nSPS) is 17.8. The molecule has 0 bridgehead atoms. The Morgan fingerprint density at radius 1 is 1.06 bits per heavy atom. The summed E-state index contributed by atoms with van der Waals surface area (Å²) >= 11 is 0. The van der Waals surface area contributed by atoms with E-state index in [2.05, 4.69) is 41.1 Å². The second-order valence-corrected chi connectivity index (χ2v) is 5.10. The van der Waals surface area contributed by atoms with Crippen molar-refractivity contribution in [3.63, 3.8) is 0 Å². The number of hydrogen-bond acceptors (Lipinski definition) is 3. The first-order valence-electron chi connectivity index (χ1n) is 6.70. The lowest BCUT2D eigenvalue weighted by Gasteiger charge is -2.32. The van der Waals surface area contributed by atoms with Crippen molar-refractivity contribution in [2.24, 2.45) is 0 Å². The van der Waals surface area contributed by atoms with Crippen molar-refractivity contribution in [2.45, 2.75) is 19.4 Å². The Bertz CT molecular complexity index is 367. The molecule has 0 unspecified atom stereocenters. The van der Waals surface area contributed by atoms with E-state index in [0.717, 1.165) is 45.4 Å². The van der Waals surface area contributed by atoms with Gasteiger partial charge >= 0.3 is 0 Å². The minimum Gasteiger partial charge on any atom is -0.304 e. The highest BCUT2D eigenvalue weighted by atomic mass is 16.1. The summed E-state index contributed by atoms with van der Waals surface area (Å²) in [6, 6.07) is 8.68. The van der Waals surface area contributed by atoms with Crippen molar-refractivity contribution in [2.75, 3.05) is 33.2 Å². The predicted octanol–water partition coefficient (Wildman–Crippen LogP) is 1.57. The zero-order valence-electron chi connectivity index (χ0n) is 11.1. The lowest BCUT2D eigenvalue weighted by molar-refractivity contribution is -0.107. The van der Waals surface area contributed by atoms with E-state index in [1.54, 1.807) is 0 Å². The minimum absolute atomic E-state index is 0.623. The van der Waals surface area contributed by atoms with Gasteiger partial charge in [0.1, 0.15) is 6.29 Å². The Morgan fingerprint density at radius 3 is 2.28 bits per heavy atom. The first kappa shape index (κ1) is 13.2. The van der Waals surface area contributed by atoms with Crippen LogP contribution < -0.4 is 0 Å². The maximum Gasteiger partial charge on any atom is 0.120 e. The number of aldehydes is 1. The Morgan fingerprint density at radius 2 is 1.67 bits per heavy atom. The average Bonchev–Trinajstić information content (AvgIpc) is 2.41. The molecule has 0 radical (unpaired) electrons. The van der Waals surface area contributed by atoms with Gasteiger partial charge in [-0.3, -0.25) is 4.90 Å². The van der Waals surface area contributed by atoms with Gasteiger partial charge in [0.2, 0.25) is 0 Å². The van der Waals surface area contributed by atoms with Gasteiger partial charge in [-0.1, -0.05) is 24.3 Å². The molecular weight excluding hydrogens is 224 g/mol. The molecule has 0 atom stereocenters. The van der Waals surface area contributed by atoms with Crippen molar-refractivity contribution in [1.29, 1.82) is 0 Å². The van der Waals surface area contributed by atoms with Gasteiger partial charge in [0.25, 0.3) is 0 Å². The molecule has 1 heterocycles. The molecule has 0 saturated carbocycles. The molecular formula is C15H22N2O. The maximum atomic E-state index is 10.3. The molecule has 2 rings (SSSR count). The Hall–Kier alpha value is -1.19. The van der Waals surface area contributed by atoms with E-state index in [1.807, 2.05) is 0 Å². The molecule has 1 fully saturated rings. The van der Waals surface area contributed by atoms with Gasteiger partial charge in [-0.15, -0.1) is 0 Å². The van der Waals surface area contributed by atoms with Crippen LogP contribution >= 0.6 is 0 Å². The van der Waals surface area contributed by atoms with Crippen molar-refractivity contribution in [3.05, 3.63) is 35.4 Å². The first-order valence-corrected chi connectivity index (χ1v) is 6.70. The molecule has 1 aliphatic heterocycles. The lowest BCUT2D eigenvalue weighted by atomic mass is 10.1. The third-order valence-corrected chi connectivity index (χ3v) is 3.58. The fourth-order valence-electron chi connectivity index (χ4n) is 2.30. The van der Waals surface area contributed by atoms with Crippen LogP contribution in [0.15, 0.2) is 24.3 Å². The van der Waals surface area contributed by atoms with Gasteiger partial charge in [0.05, 0.1) is 0 Å². The third kappa shape index (κ3) is 3.93. The molecule has 0 N–H and O–H groups in total. The zero-order chi connectivity index (χ0) is 12.8. The Kier molecular flexibility index (Phi) is 4.90. The van der Waals surface area contributed by atoms with Gasteiger partial charge in [-0.2, -0.15) is 0 Å². The van der Waals surface area contributed by atoms with E-state index >= 15 is 0 Å². The van der Waals surface area contributed by atoms with Gasteiger partial charge in [-0.05, 0) is 24.6 Å². The van der Waals surface area contributed by atoms with Crippen molar-refractivity contribution in [3.8, 4) is 0 Å². The number of carbonyl (C=O) groups is 1. The van der Waals surface area contributed by atoms with E-state index in [-0.39, 0.29) is 0 Å². The minimum atomic E-state index is 0.623. The Labute approximate surface area is 109 Å². The monoisotopic (exact) mass is 246 g/mol. The van der Waals surface area contributed by atoms with Crippen molar-refractivity contribution >= 4 is 6.29 Å². The second-order valence-electron chi connectivity index (χ2n) is 5.10. The van der Waals surface area contributed by atoms with Crippen LogP contribution in [-0.2, 0) is 17.8 Å². The molecule has 3 heteroatoms. The van der Waals surface area contributed by atoms with Crippen LogP contribution in [0.4, 0.5) is 0 Å². The van der Waals surface area contributed by atoms with Gasteiger partial charge in [0, 0.05) is 39.1 Å². The average molecular weight is 246 g/mol. The van der Waals surface area contributed by atoms with E-state index in [0.29, 0.717) is 6.42 Å². The molecule has 1 aliphatic rings. The van der Waals surface area contributed by atoms with Crippen LogP contribution in [0.1, 0.15) is 17.5 Å². The summed E-state index contributed by atoms with van der Waals surface area (Å²) < 4.78 is 0. The van der Waals surface area contributed by atoms with Crippen LogP contribution in [0.3, 0.4) is 0 Å². The standard InChI is InChI=1S/C15H22N2O/c1-16-8-10-17(11-9-16)13-15-6-4-14(5-7-15)3-2-12-18/h4-7,12H,2-3,8-11,13H2,1H3. The van der Waals surface area contributed by atoms with Gasteiger partial charge < -0.3 is 9.69 Å². The third-order valence-electron chi connectivity index (χ3n) is 3.58. The number of hydrogen-bond donors (Lipinski definition) is 0. The zero-order valence-corrected chi connectivity index (χ0v) is 11.1. The molecule has 1 saturated heterocycles. The van der Waals surface area contributed by atoms with E-state index < -0.39 is 0 Å². The topological polar surface area (TPSA) is 23.6 Å². The molecule has 0 aromatic heterocycles. The molecule has 1 aromatic carbocycles. The number of rotatable bonds is 5. The van der Waals surface area contributed by atoms with Crippen LogP contribution in [0, 0.1) is 0 Å². The van der Waals surface area contributed by atoms with Gasteiger partial charge in [0.15, 0.2) is 0 Å². The summed E-state index contributed by atoms with van der Waals surface area (Å²) in [6.45, 7) is 5.68. The molecule has 1 aromatic rings. The van der Waals surface area contributed by atoms with Crippen LogP contribution in [0.5, 0.6) is 0 Å². The highest BCUT2D eigenvalue weighted by Gasteiger charge is 2.13.